The van der Waals surface area contributed by atoms with E-state index in [-0.39, 0.29) is 23.7 Å². The van der Waals surface area contributed by atoms with Gasteiger partial charge in [0.1, 0.15) is 5.82 Å². The molecule has 0 aliphatic carbocycles. The van der Waals surface area contributed by atoms with E-state index in [1.165, 1.54) is 10.6 Å². The van der Waals surface area contributed by atoms with Crippen LogP contribution in [-0.4, -0.2) is 53.0 Å². The summed E-state index contributed by atoms with van der Waals surface area (Å²) in [4.78, 5) is 45.8. The van der Waals surface area contributed by atoms with Crippen molar-refractivity contribution in [3.8, 4) is 0 Å². The number of nitrogens with one attached hydrogen (secondary N) is 1. The average molecular weight is 515 g/mol. The predicted molar refractivity (Wildman–Crippen MR) is 148 cm³/mol. The molecule has 0 amide bonds. The van der Waals surface area contributed by atoms with E-state index in [9.17, 15) is 18.8 Å². The van der Waals surface area contributed by atoms with Crippen molar-refractivity contribution in [2.45, 2.75) is 26.3 Å². The van der Waals surface area contributed by atoms with E-state index in [0.717, 1.165) is 49.5 Å². The average Bonchev–Trinajstić information content (AvgIpc) is 2.92. The van der Waals surface area contributed by atoms with E-state index in [2.05, 4.69) is 14.8 Å². The van der Waals surface area contributed by atoms with Crippen molar-refractivity contribution in [3.63, 3.8) is 0 Å². The Morgan fingerprint density at radius 1 is 0.947 bits per heavy atom. The molecule has 0 saturated carbocycles. The molecule has 2 heterocycles. The number of aryl methyl sites for hydroxylation is 1. The monoisotopic (exact) mass is 514 g/mol. The smallest absolute Gasteiger partial charge is 0.329 e. The van der Waals surface area contributed by atoms with Gasteiger partial charge in [0, 0.05) is 43.9 Å². The van der Waals surface area contributed by atoms with E-state index in [1.807, 2.05) is 37.3 Å². The molecule has 4 aromatic rings. The van der Waals surface area contributed by atoms with Gasteiger partial charge >= 0.3 is 5.69 Å². The Hall–Kier alpha value is -4.04. The molecule has 1 fully saturated rings. The highest BCUT2D eigenvalue weighted by Crippen LogP contribution is 2.18. The van der Waals surface area contributed by atoms with E-state index < -0.39 is 5.69 Å². The fourth-order valence-electron chi connectivity index (χ4n) is 4.96. The van der Waals surface area contributed by atoms with Crippen LogP contribution in [0.3, 0.4) is 0 Å². The number of carbonyl (C=O) groups excluding carboxylic acids is 1. The number of halogens is 1. The standard InChI is InChI=1S/C30H31FN4O3/c1-21-7-9-22(10-8-21)20-35-29(37)26-12-11-23(18-27(26)32-30(35)38)28(36)6-3-13-33-14-16-34(17-15-33)25-5-2-4-24(31)19-25/h2,4-5,7-12,18-19H,3,6,13-17,20H2,1H3,(H,32,38). The summed E-state index contributed by atoms with van der Waals surface area (Å²) in [6, 6.07) is 19.2. The van der Waals surface area contributed by atoms with Crippen LogP contribution in [0.4, 0.5) is 10.1 Å². The number of nitrogens with zero attached hydrogens (tertiary/aromatic N) is 3. The molecule has 3 aromatic carbocycles. The maximum absolute atomic E-state index is 13.5. The molecule has 5 rings (SSSR count). The number of H-pyrrole nitrogens is 1. The summed E-state index contributed by atoms with van der Waals surface area (Å²) in [5.74, 6) is -0.246. The van der Waals surface area contributed by atoms with Crippen LogP contribution >= 0.6 is 0 Å². The van der Waals surface area contributed by atoms with Crippen molar-refractivity contribution >= 4 is 22.4 Å². The third-order valence-corrected chi connectivity index (χ3v) is 7.19. The predicted octanol–water partition coefficient (Wildman–Crippen LogP) is 3.97. The van der Waals surface area contributed by atoms with Gasteiger partial charge in [0.05, 0.1) is 17.4 Å². The highest BCUT2D eigenvalue weighted by Gasteiger charge is 2.18. The summed E-state index contributed by atoms with van der Waals surface area (Å²) in [6.07, 6.45) is 1.09. The molecule has 38 heavy (non-hydrogen) atoms. The largest absolute Gasteiger partial charge is 0.369 e. The van der Waals surface area contributed by atoms with Crippen molar-refractivity contribution in [2.75, 3.05) is 37.6 Å². The number of ketones is 1. The molecule has 1 aliphatic rings. The minimum atomic E-state index is -0.495. The zero-order valence-corrected chi connectivity index (χ0v) is 21.5. The van der Waals surface area contributed by atoms with Crippen molar-refractivity contribution in [1.29, 1.82) is 0 Å². The first-order chi connectivity index (χ1) is 18.4. The highest BCUT2D eigenvalue weighted by atomic mass is 19.1. The lowest BCUT2D eigenvalue weighted by Gasteiger charge is -2.36. The first-order valence-corrected chi connectivity index (χ1v) is 13.0. The molecule has 1 aromatic heterocycles. The number of Topliss-reactive ketones (excluding diaryl/α,β-unsaturated/α-hetero) is 1. The number of piperazine rings is 1. The van der Waals surface area contributed by atoms with Gasteiger partial charge in [0.2, 0.25) is 0 Å². The minimum Gasteiger partial charge on any atom is -0.369 e. The van der Waals surface area contributed by atoms with E-state index in [0.29, 0.717) is 29.3 Å². The quantitative estimate of drug-likeness (QED) is 0.360. The SMILES string of the molecule is Cc1ccc(Cn2c(=O)[nH]c3cc(C(=O)CCCN4CCN(c5cccc(F)c5)CC4)ccc3c2=O)cc1. The Morgan fingerprint density at radius 3 is 2.45 bits per heavy atom. The number of benzene rings is 3. The Labute approximate surface area is 220 Å². The topological polar surface area (TPSA) is 78.4 Å². The zero-order chi connectivity index (χ0) is 26.6. The minimum absolute atomic E-state index is 0.0185. The summed E-state index contributed by atoms with van der Waals surface area (Å²) >= 11 is 0. The second-order valence-electron chi connectivity index (χ2n) is 9.90. The number of hydrogen-bond acceptors (Lipinski definition) is 5. The van der Waals surface area contributed by atoms with Gasteiger partial charge in [-0.1, -0.05) is 42.0 Å². The molecule has 0 spiro atoms. The summed E-state index contributed by atoms with van der Waals surface area (Å²) in [5.41, 5.74) is 2.86. The van der Waals surface area contributed by atoms with Gasteiger partial charge in [-0.15, -0.1) is 0 Å². The number of aromatic nitrogens is 2. The molecule has 1 aliphatic heterocycles. The van der Waals surface area contributed by atoms with Crippen LogP contribution in [0, 0.1) is 12.7 Å². The molecule has 1 saturated heterocycles. The number of anilines is 1. The highest BCUT2D eigenvalue weighted by molar-refractivity contribution is 5.99. The lowest BCUT2D eigenvalue weighted by Crippen LogP contribution is -2.46. The van der Waals surface area contributed by atoms with Gasteiger partial charge in [-0.3, -0.25) is 19.1 Å². The van der Waals surface area contributed by atoms with Crippen LogP contribution in [-0.2, 0) is 6.54 Å². The van der Waals surface area contributed by atoms with Crippen molar-refractivity contribution in [2.24, 2.45) is 0 Å². The Bertz CT molecular complexity index is 1570. The fourth-order valence-corrected chi connectivity index (χ4v) is 4.96. The van der Waals surface area contributed by atoms with Crippen molar-refractivity contribution in [1.82, 2.24) is 14.5 Å². The van der Waals surface area contributed by atoms with Gasteiger partial charge < -0.3 is 9.88 Å². The number of carbonyl (C=O) groups is 1. The van der Waals surface area contributed by atoms with Crippen LogP contribution in [0.15, 0.2) is 76.3 Å². The normalized spacial score (nSPS) is 14.2. The van der Waals surface area contributed by atoms with Gasteiger partial charge in [-0.05, 0) is 55.8 Å². The third kappa shape index (κ3) is 5.75. The molecule has 8 heteroatoms. The van der Waals surface area contributed by atoms with E-state index in [1.54, 1.807) is 30.3 Å². The zero-order valence-electron chi connectivity index (χ0n) is 21.5. The Balaban J connectivity index is 1.18. The molecule has 0 atom stereocenters. The van der Waals surface area contributed by atoms with Gasteiger partial charge in [-0.25, -0.2) is 9.18 Å². The third-order valence-electron chi connectivity index (χ3n) is 7.19. The molecular formula is C30H31FN4O3. The summed E-state index contributed by atoms with van der Waals surface area (Å²) in [5, 5.41) is 0.379. The summed E-state index contributed by atoms with van der Waals surface area (Å²) in [6.45, 7) is 6.31. The van der Waals surface area contributed by atoms with Crippen LogP contribution in [0.1, 0.15) is 34.3 Å². The molecule has 196 valence electrons. The molecule has 0 radical (unpaired) electrons. The molecular weight excluding hydrogens is 483 g/mol. The second kappa shape index (κ2) is 11.1. The van der Waals surface area contributed by atoms with Gasteiger partial charge in [0.15, 0.2) is 5.78 Å². The summed E-state index contributed by atoms with van der Waals surface area (Å²) < 4.78 is 14.7. The number of fused-ring (bicyclic) bond motifs is 1. The lowest BCUT2D eigenvalue weighted by atomic mass is 10.0. The lowest BCUT2D eigenvalue weighted by molar-refractivity contribution is 0.0974. The van der Waals surface area contributed by atoms with Crippen LogP contribution in [0.25, 0.3) is 10.9 Å². The van der Waals surface area contributed by atoms with Crippen LogP contribution in [0.2, 0.25) is 0 Å². The molecule has 0 unspecified atom stereocenters. The summed E-state index contributed by atoms with van der Waals surface area (Å²) in [7, 11) is 0. The van der Waals surface area contributed by atoms with E-state index in [4.69, 9.17) is 0 Å². The Kier molecular flexibility index (Phi) is 7.51. The maximum Gasteiger partial charge on any atom is 0.329 e. The van der Waals surface area contributed by atoms with Gasteiger partial charge in [0.25, 0.3) is 5.56 Å². The molecule has 0 bridgehead atoms. The van der Waals surface area contributed by atoms with Crippen molar-refractivity contribution in [3.05, 3.63) is 110 Å². The molecule has 1 N–H and O–H groups in total. The second-order valence-corrected chi connectivity index (χ2v) is 9.90. The number of aromatic amines is 1. The van der Waals surface area contributed by atoms with Crippen LogP contribution < -0.4 is 16.1 Å². The Morgan fingerprint density at radius 2 is 1.71 bits per heavy atom. The first kappa shape index (κ1) is 25.6. The van der Waals surface area contributed by atoms with Gasteiger partial charge in [-0.2, -0.15) is 0 Å². The van der Waals surface area contributed by atoms with E-state index >= 15 is 0 Å². The maximum atomic E-state index is 13.5. The fraction of sp³-hybridized carbons (Fsp3) is 0.300. The number of rotatable bonds is 8. The van der Waals surface area contributed by atoms with Crippen molar-refractivity contribution < 1.29 is 9.18 Å². The first-order valence-electron chi connectivity index (χ1n) is 13.0. The van der Waals surface area contributed by atoms with Crippen LogP contribution in [0.5, 0.6) is 0 Å². The molecule has 7 nitrogen and oxygen atoms in total. The number of hydrogen-bond donors (Lipinski definition) is 1.